The lowest BCUT2D eigenvalue weighted by molar-refractivity contribution is 0.0365. The molecule has 0 bridgehead atoms. The molecule has 1 saturated carbocycles. The lowest BCUT2D eigenvalue weighted by Crippen LogP contribution is -2.36. The van der Waals surface area contributed by atoms with E-state index in [1.165, 1.54) is 122 Å². The molecular formula is C28H56. The van der Waals surface area contributed by atoms with E-state index in [-0.39, 0.29) is 0 Å². The van der Waals surface area contributed by atoms with E-state index >= 15 is 0 Å². The van der Waals surface area contributed by atoms with E-state index in [1.807, 2.05) is 0 Å². The fourth-order valence-corrected chi connectivity index (χ4v) is 6.31. The minimum atomic E-state index is 0.679. The summed E-state index contributed by atoms with van der Waals surface area (Å²) < 4.78 is 0. The van der Waals surface area contributed by atoms with E-state index < -0.39 is 0 Å². The zero-order valence-corrected chi connectivity index (χ0v) is 20.7. The molecule has 0 heteroatoms. The van der Waals surface area contributed by atoms with Crippen molar-refractivity contribution >= 4 is 0 Å². The summed E-state index contributed by atoms with van der Waals surface area (Å²) >= 11 is 0. The van der Waals surface area contributed by atoms with E-state index in [1.54, 1.807) is 0 Å². The lowest BCUT2D eigenvalue weighted by atomic mass is 9.58. The van der Waals surface area contributed by atoms with Crippen LogP contribution in [0.3, 0.4) is 0 Å². The Hall–Kier alpha value is 0. The molecule has 0 aromatic carbocycles. The number of hydrogen-bond acceptors (Lipinski definition) is 0. The van der Waals surface area contributed by atoms with Crippen LogP contribution in [0, 0.1) is 23.2 Å². The minimum absolute atomic E-state index is 0.679. The second-order valence-corrected chi connectivity index (χ2v) is 11.2. The van der Waals surface area contributed by atoms with Crippen LogP contribution in [0.2, 0.25) is 0 Å². The molecule has 0 aromatic rings. The molecule has 0 aliphatic heterocycles. The number of hydrogen-bond donors (Lipinski definition) is 0. The van der Waals surface area contributed by atoms with Gasteiger partial charge in [-0.05, 0) is 55.3 Å². The van der Waals surface area contributed by atoms with Crippen molar-refractivity contribution in [2.75, 3.05) is 0 Å². The SMILES string of the molecule is CCCCCCCCCCCCCCC1CCCCC1(CC(C)C)CC(C)C. The molecular weight excluding hydrogens is 336 g/mol. The second kappa shape index (κ2) is 15.8. The Morgan fingerprint density at radius 3 is 1.57 bits per heavy atom. The van der Waals surface area contributed by atoms with Gasteiger partial charge in [0.25, 0.3) is 0 Å². The average Bonchev–Trinajstić information content (AvgIpc) is 2.63. The fourth-order valence-electron chi connectivity index (χ4n) is 6.31. The highest BCUT2D eigenvalue weighted by atomic mass is 14.5. The van der Waals surface area contributed by atoms with Crippen LogP contribution >= 0.6 is 0 Å². The van der Waals surface area contributed by atoms with E-state index in [0.29, 0.717) is 5.41 Å². The van der Waals surface area contributed by atoms with Crippen LogP contribution in [0.15, 0.2) is 0 Å². The van der Waals surface area contributed by atoms with Gasteiger partial charge >= 0.3 is 0 Å². The first-order valence-electron chi connectivity index (χ1n) is 13.5. The summed E-state index contributed by atoms with van der Waals surface area (Å²) in [7, 11) is 0. The summed E-state index contributed by atoms with van der Waals surface area (Å²) in [6, 6.07) is 0. The van der Waals surface area contributed by atoms with Gasteiger partial charge < -0.3 is 0 Å². The Balaban J connectivity index is 2.19. The Labute approximate surface area is 180 Å². The van der Waals surface area contributed by atoms with E-state index in [9.17, 15) is 0 Å². The quantitative estimate of drug-likeness (QED) is 0.216. The molecule has 1 unspecified atom stereocenters. The summed E-state index contributed by atoms with van der Waals surface area (Å²) in [5, 5.41) is 0. The van der Waals surface area contributed by atoms with Crippen molar-refractivity contribution in [1.82, 2.24) is 0 Å². The van der Waals surface area contributed by atoms with Crippen LogP contribution in [0.1, 0.15) is 157 Å². The third kappa shape index (κ3) is 11.3. The van der Waals surface area contributed by atoms with Crippen molar-refractivity contribution in [3.63, 3.8) is 0 Å². The van der Waals surface area contributed by atoms with Crippen LogP contribution in [0.5, 0.6) is 0 Å². The average molecular weight is 393 g/mol. The standard InChI is InChI=1S/C28H56/c1-6-7-8-9-10-11-12-13-14-15-16-17-20-27-21-18-19-22-28(27,23-25(2)3)24-26(4)5/h25-27H,6-24H2,1-5H3. The molecule has 0 nitrogen and oxygen atoms in total. The van der Waals surface area contributed by atoms with Crippen LogP contribution in [-0.2, 0) is 0 Å². The van der Waals surface area contributed by atoms with Crippen LogP contribution in [-0.4, -0.2) is 0 Å². The minimum Gasteiger partial charge on any atom is -0.0654 e. The van der Waals surface area contributed by atoms with Crippen molar-refractivity contribution in [2.45, 2.75) is 157 Å². The molecule has 1 fully saturated rings. The molecule has 0 N–H and O–H groups in total. The van der Waals surface area contributed by atoms with Crippen molar-refractivity contribution in [3.8, 4) is 0 Å². The molecule has 1 atom stereocenters. The van der Waals surface area contributed by atoms with Crippen molar-refractivity contribution in [3.05, 3.63) is 0 Å². The van der Waals surface area contributed by atoms with Gasteiger partial charge in [-0.25, -0.2) is 0 Å². The van der Waals surface area contributed by atoms with Crippen LogP contribution in [0.4, 0.5) is 0 Å². The molecule has 0 aromatic heterocycles. The van der Waals surface area contributed by atoms with Crippen LogP contribution in [0.25, 0.3) is 0 Å². The van der Waals surface area contributed by atoms with Gasteiger partial charge in [0, 0.05) is 0 Å². The van der Waals surface area contributed by atoms with E-state index in [2.05, 4.69) is 34.6 Å². The van der Waals surface area contributed by atoms with Gasteiger partial charge in [-0.15, -0.1) is 0 Å². The van der Waals surface area contributed by atoms with Gasteiger partial charge in [-0.3, -0.25) is 0 Å². The third-order valence-corrected chi connectivity index (χ3v) is 7.38. The normalized spacial score (nSPS) is 19.6. The summed E-state index contributed by atoms with van der Waals surface area (Å²) in [5.74, 6) is 2.75. The molecule has 0 amide bonds. The van der Waals surface area contributed by atoms with Gasteiger partial charge in [-0.2, -0.15) is 0 Å². The molecule has 0 saturated heterocycles. The van der Waals surface area contributed by atoms with Gasteiger partial charge in [0.2, 0.25) is 0 Å². The van der Waals surface area contributed by atoms with E-state index in [0.717, 1.165) is 17.8 Å². The van der Waals surface area contributed by atoms with Gasteiger partial charge in [0.05, 0.1) is 0 Å². The lowest BCUT2D eigenvalue weighted by Gasteiger charge is -2.47. The Kier molecular flexibility index (Phi) is 14.7. The molecule has 1 aliphatic rings. The molecule has 1 aliphatic carbocycles. The highest BCUT2D eigenvalue weighted by Gasteiger charge is 2.40. The second-order valence-electron chi connectivity index (χ2n) is 11.2. The van der Waals surface area contributed by atoms with Crippen LogP contribution < -0.4 is 0 Å². The predicted octanol–water partition coefficient (Wildman–Crippen LogP) is 10.3. The summed E-state index contributed by atoms with van der Waals surface area (Å²) in [6.45, 7) is 12.1. The first-order valence-corrected chi connectivity index (χ1v) is 13.5. The van der Waals surface area contributed by atoms with Gasteiger partial charge in [0.1, 0.15) is 0 Å². The van der Waals surface area contributed by atoms with Gasteiger partial charge in [0.15, 0.2) is 0 Å². The molecule has 28 heavy (non-hydrogen) atoms. The highest BCUT2D eigenvalue weighted by Crippen LogP contribution is 2.51. The Morgan fingerprint density at radius 2 is 1.11 bits per heavy atom. The molecule has 0 spiro atoms. The first-order chi connectivity index (χ1) is 13.5. The zero-order valence-electron chi connectivity index (χ0n) is 20.7. The van der Waals surface area contributed by atoms with Crippen molar-refractivity contribution in [1.29, 1.82) is 0 Å². The highest BCUT2D eigenvalue weighted by molar-refractivity contribution is 4.91. The zero-order chi connectivity index (χ0) is 20.7. The molecule has 0 radical (unpaired) electrons. The largest absolute Gasteiger partial charge is 0.0654 e. The molecule has 168 valence electrons. The maximum atomic E-state index is 2.46. The Bertz CT molecular complexity index is 330. The Morgan fingerprint density at radius 1 is 0.643 bits per heavy atom. The third-order valence-electron chi connectivity index (χ3n) is 7.38. The summed E-state index contributed by atoms with van der Waals surface area (Å²) in [4.78, 5) is 0. The monoisotopic (exact) mass is 392 g/mol. The number of rotatable bonds is 17. The number of unbranched alkanes of at least 4 members (excludes halogenated alkanes) is 11. The maximum absolute atomic E-state index is 2.46. The summed E-state index contributed by atoms with van der Waals surface area (Å²) in [5.41, 5.74) is 0.679. The topological polar surface area (TPSA) is 0 Å². The van der Waals surface area contributed by atoms with Crippen molar-refractivity contribution < 1.29 is 0 Å². The summed E-state index contributed by atoms with van der Waals surface area (Å²) in [6.07, 6.45) is 28.2. The maximum Gasteiger partial charge on any atom is -0.0264 e. The van der Waals surface area contributed by atoms with E-state index in [4.69, 9.17) is 0 Å². The molecule has 1 rings (SSSR count). The van der Waals surface area contributed by atoms with Crippen molar-refractivity contribution in [2.24, 2.45) is 23.2 Å². The first kappa shape index (κ1) is 26.0. The predicted molar refractivity (Wildman–Crippen MR) is 129 cm³/mol. The van der Waals surface area contributed by atoms with Gasteiger partial charge in [-0.1, -0.05) is 125 Å². The molecule has 0 heterocycles. The smallest absolute Gasteiger partial charge is 0.0264 e. The fraction of sp³-hybridized carbons (Fsp3) is 1.00.